The van der Waals surface area contributed by atoms with Crippen LogP contribution in [0.1, 0.15) is 160 Å². The predicted octanol–water partition coefficient (Wildman–Crippen LogP) is 10.9. The highest BCUT2D eigenvalue weighted by Gasteiger charge is 2.16. The first kappa shape index (κ1) is 31.7. The van der Waals surface area contributed by atoms with E-state index in [0.29, 0.717) is 0 Å². The van der Waals surface area contributed by atoms with Crippen LogP contribution in [0.3, 0.4) is 0 Å². The largest absolute Gasteiger partial charge is 0.481 e. The van der Waals surface area contributed by atoms with E-state index in [1.54, 1.807) is 0 Å². The lowest BCUT2D eigenvalue weighted by Crippen LogP contribution is -2.13. The fraction of sp³-hybridized carbons (Fsp3) is 0.788. The molecule has 0 saturated heterocycles. The molecule has 35 heavy (non-hydrogen) atoms. The maximum absolute atomic E-state index is 11.5. The van der Waals surface area contributed by atoms with E-state index in [0.717, 1.165) is 25.7 Å². The lowest BCUT2D eigenvalue weighted by Gasteiger charge is -2.12. The van der Waals surface area contributed by atoms with Crippen molar-refractivity contribution in [3.8, 4) is 0 Å². The molecular formula is C33H58O2. The second kappa shape index (κ2) is 24.4. The Morgan fingerprint density at radius 2 is 0.943 bits per heavy atom. The van der Waals surface area contributed by atoms with E-state index >= 15 is 0 Å². The Morgan fingerprint density at radius 1 is 0.571 bits per heavy atom. The first-order chi connectivity index (χ1) is 17.2. The Bertz CT molecular complexity index is 568. The molecule has 202 valence electrons. The third-order valence-electron chi connectivity index (χ3n) is 7.62. The van der Waals surface area contributed by atoms with E-state index in [1.165, 1.54) is 134 Å². The van der Waals surface area contributed by atoms with Gasteiger partial charge in [0.15, 0.2) is 0 Å². The molecule has 0 aliphatic rings. The van der Waals surface area contributed by atoms with Crippen molar-refractivity contribution in [1.82, 2.24) is 0 Å². The number of rotatable bonds is 26. The van der Waals surface area contributed by atoms with Gasteiger partial charge in [0, 0.05) is 0 Å². The van der Waals surface area contributed by atoms with Crippen LogP contribution in [0.25, 0.3) is 0 Å². The Labute approximate surface area is 218 Å². The van der Waals surface area contributed by atoms with Crippen molar-refractivity contribution < 1.29 is 9.90 Å². The first-order valence-electron chi connectivity index (χ1n) is 15.5. The number of unbranched alkanes of at least 4 members (excludes halogenated alkanes) is 19. The molecule has 1 unspecified atom stereocenters. The predicted molar refractivity (Wildman–Crippen MR) is 153 cm³/mol. The number of carbonyl (C=O) groups is 1. The monoisotopic (exact) mass is 486 g/mol. The fourth-order valence-electron chi connectivity index (χ4n) is 5.22. The van der Waals surface area contributed by atoms with E-state index < -0.39 is 5.97 Å². The number of carboxylic acid groups (broad SMARTS) is 1. The van der Waals surface area contributed by atoms with Gasteiger partial charge in [0.1, 0.15) is 0 Å². The van der Waals surface area contributed by atoms with Crippen LogP contribution in [-0.2, 0) is 11.2 Å². The van der Waals surface area contributed by atoms with Gasteiger partial charge in [-0.2, -0.15) is 0 Å². The molecule has 0 heterocycles. The van der Waals surface area contributed by atoms with Gasteiger partial charge < -0.3 is 5.11 Å². The molecule has 0 amide bonds. The van der Waals surface area contributed by atoms with Crippen LogP contribution < -0.4 is 0 Å². The Balaban J connectivity index is 1.80. The number of aryl methyl sites for hydroxylation is 1. The number of aliphatic carboxylic acids is 1. The summed E-state index contributed by atoms with van der Waals surface area (Å²) < 4.78 is 0. The summed E-state index contributed by atoms with van der Waals surface area (Å²) in [4.78, 5) is 11.5. The van der Waals surface area contributed by atoms with Gasteiger partial charge >= 0.3 is 5.97 Å². The van der Waals surface area contributed by atoms with Crippen molar-refractivity contribution in [3.05, 3.63) is 35.9 Å². The Morgan fingerprint density at radius 3 is 1.34 bits per heavy atom. The number of carboxylic acids is 1. The van der Waals surface area contributed by atoms with E-state index in [1.807, 2.05) is 0 Å². The van der Waals surface area contributed by atoms with E-state index in [9.17, 15) is 9.90 Å². The van der Waals surface area contributed by atoms with Gasteiger partial charge in [0.05, 0.1) is 5.92 Å². The molecule has 2 heteroatoms. The van der Waals surface area contributed by atoms with Crippen molar-refractivity contribution in [2.24, 2.45) is 5.92 Å². The minimum atomic E-state index is -0.567. The van der Waals surface area contributed by atoms with Gasteiger partial charge in [-0.15, -0.1) is 0 Å². The van der Waals surface area contributed by atoms with Gasteiger partial charge in [-0.25, -0.2) is 0 Å². The molecule has 1 atom stereocenters. The number of benzene rings is 1. The summed E-state index contributed by atoms with van der Waals surface area (Å²) in [7, 11) is 0. The van der Waals surface area contributed by atoms with Crippen LogP contribution in [0, 0.1) is 5.92 Å². The second-order valence-electron chi connectivity index (χ2n) is 10.9. The molecule has 0 fully saturated rings. The summed E-state index contributed by atoms with van der Waals surface area (Å²) in [6.45, 7) is 2.25. The van der Waals surface area contributed by atoms with Gasteiger partial charge in [0.2, 0.25) is 0 Å². The molecule has 1 aromatic rings. The average molecular weight is 487 g/mol. The minimum Gasteiger partial charge on any atom is -0.481 e. The highest BCUT2D eigenvalue weighted by Crippen LogP contribution is 2.20. The quantitative estimate of drug-likeness (QED) is 0.132. The van der Waals surface area contributed by atoms with Crippen LogP contribution in [0.2, 0.25) is 0 Å². The summed E-state index contributed by atoms with van der Waals surface area (Å²) in [6.07, 6.45) is 30.7. The van der Waals surface area contributed by atoms with Crippen molar-refractivity contribution >= 4 is 5.97 Å². The normalized spacial score (nSPS) is 12.1. The summed E-state index contributed by atoms with van der Waals surface area (Å²) in [6, 6.07) is 10.9. The van der Waals surface area contributed by atoms with E-state index in [2.05, 4.69) is 37.3 Å². The molecule has 2 nitrogen and oxygen atoms in total. The Hall–Kier alpha value is -1.31. The third-order valence-corrected chi connectivity index (χ3v) is 7.62. The first-order valence-corrected chi connectivity index (χ1v) is 15.5. The lowest BCUT2D eigenvalue weighted by atomic mass is 9.94. The van der Waals surface area contributed by atoms with Crippen molar-refractivity contribution in [2.45, 2.75) is 161 Å². The van der Waals surface area contributed by atoms with E-state index in [-0.39, 0.29) is 5.92 Å². The fourth-order valence-corrected chi connectivity index (χ4v) is 5.22. The molecule has 1 aromatic carbocycles. The zero-order chi connectivity index (χ0) is 25.2. The van der Waals surface area contributed by atoms with Gasteiger partial charge in [-0.1, -0.05) is 166 Å². The molecule has 0 spiro atoms. The van der Waals surface area contributed by atoms with Crippen LogP contribution >= 0.6 is 0 Å². The maximum atomic E-state index is 11.5. The summed E-state index contributed by atoms with van der Waals surface area (Å²) in [5, 5.41) is 9.50. The standard InChI is InChI=1S/C33H58O2/c1-2-3-4-5-14-18-24-29-32(33(34)35)30-25-19-16-13-11-9-7-6-8-10-12-15-17-21-26-31-27-22-20-23-28-31/h20,22-23,27-28,32H,2-19,21,24-26,29-30H2,1H3,(H,34,35). The van der Waals surface area contributed by atoms with Crippen molar-refractivity contribution in [1.29, 1.82) is 0 Å². The van der Waals surface area contributed by atoms with Gasteiger partial charge in [-0.3, -0.25) is 4.79 Å². The van der Waals surface area contributed by atoms with Crippen molar-refractivity contribution in [3.63, 3.8) is 0 Å². The summed E-state index contributed by atoms with van der Waals surface area (Å²) >= 11 is 0. The van der Waals surface area contributed by atoms with Crippen LogP contribution in [-0.4, -0.2) is 11.1 Å². The van der Waals surface area contributed by atoms with Crippen LogP contribution in [0.4, 0.5) is 0 Å². The summed E-state index contributed by atoms with van der Waals surface area (Å²) in [5.41, 5.74) is 1.48. The number of hydrogen-bond donors (Lipinski definition) is 1. The highest BCUT2D eigenvalue weighted by molar-refractivity contribution is 5.69. The molecule has 0 aliphatic heterocycles. The third kappa shape index (κ3) is 20.6. The van der Waals surface area contributed by atoms with Gasteiger partial charge in [0.25, 0.3) is 0 Å². The molecule has 1 rings (SSSR count). The minimum absolute atomic E-state index is 0.102. The van der Waals surface area contributed by atoms with Crippen LogP contribution in [0.15, 0.2) is 30.3 Å². The summed E-state index contributed by atoms with van der Waals surface area (Å²) in [5.74, 6) is -0.669. The lowest BCUT2D eigenvalue weighted by molar-refractivity contribution is -0.142. The topological polar surface area (TPSA) is 37.3 Å². The zero-order valence-corrected chi connectivity index (χ0v) is 23.3. The molecular weight excluding hydrogens is 428 g/mol. The Kier molecular flexibility index (Phi) is 22.1. The SMILES string of the molecule is CCCCCCCCCC(CCCCCCCCCCCCCCCCc1ccccc1)C(=O)O. The van der Waals surface area contributed by atoms with E-state index in [4.69, 9.17) is 0 Å². The molecule has 0 aromatic heterocycles. The smallest absolute Gasteiger partial charge is 0.306 e. The number of hydrogen-bond acceptors (Lipinski definition) is 1. The van der Waals surface area contributed by atoms with Crippen molar-refractivity contribution in [2.75, 3.05) is 0 Å². The molecule has 0 saturated carbocycles. The molecule has 0 radical (unpaired) electrons. The maximum Gasteiger partial charge on any atom is 0.306 e. The van der Waals surface area contributed by atoms with Crippen LogP contribution in [0.5, 0.6) is 0 Å². The zero-order valence-electron chi connectivity index (χ0n) is 23.3. The molecule has 0 bridgehead atoms. The highest BCUT2D eigenvalue weighted by atomic mass is 16.4. The average Bonchev–Trinajstić information content (AvgIpc) is 2.87. The van der Waals surface area contributed by atoms with Gasteiger partial charge in [-0.05, 0) is 31.2 Å². The second-order valence-corrected chi connectivity index (χ2v) is 10.9. The molecule has 0 aliphatic carbocycles. The molecule has 1 N–H and O–H groups in total.